The van der Waals surface area contributed by atoms with Crippen molar-refractivity contribution in [1.29, 1.82) is 0 Å². The van der Waals surface area contributed by atoms with Crippen LogP contribution in [0.3, 0.4) is 0 Å². The van der Waals surface area contributed by atoms with E-state index in [2.05, 4.69) is 5.32 Å². The van der Waals surface area contributed by atoms with Crippen molar-refractivity contribution in [3.05, 3.63) is 30.3 Å². The number of rotatable bonds is 1. The number of aliphatic hydroxyl groups excluding tert-OH is 1. The van der Waals surface area contributed by atoms with Gasteiger partial charge in [-0.25, -0.2) is 4.79 Å². The number of aliphatic hydroxyl groups is 1. The summed E-state index contributed by atoms with van der Waals surface area (Å²) >= 11 is 0. The summed E-state index contributed by atoms with van der Waals surface area (Å²) in [4.78, 5) is 13.8. The molecule has 0 aromatic heterocycles. The Hall–Kier alpha value is -1.55. The molecule has 1 atom stereocenters. The lowest BCUT2D eigenvalue weighted by molar-refractivity contribution is 0.0791. The van der Waals surface area contributed by atoms with Gasteiger partial charge in [0, 0.05) is 5.69 Å². The summed E-state index contributed by atoms with van der Waals surface area (Å²) in [5.41, 5.74) is 0.296. The Kier molecular flexibility index (Phi) is 3.66. The van der Waals surface area contributed by atoms with Crippen molar-refractivity contribution >= 4 is 11.7 Å². The zero-order valence-electron chi connectivity index (χ0n) is 11.7. The molecule has 1 unspecified atom stereocenters. The average Bonchev–Trinajstić information content (AvgIpc) is 2.67. The van der Waals surface area contributed by atoms with E-state index >= 15 is 0 Å². The second-order valence-corrected chi connectivity index (χ2v) is 5.93. The lowest BCUT2D eigenvalue weighted by atomic mass is 9.83. The molecule has 1 heterocycles. The van der Waals surface area contributed by atoms with Crippen LogP contribution in [0.1, 0.15) is 44.9 Å². The predicted molar refractivity (Wildman–Crippen MR) is 78.5 cm³/mol. The molecule has 1 aliphatic heterocycles. The molecule has 1 saturated carbocycles. The van der Waals surface area contributed by atoms with Crippen molar-refractivity contribution in [3.63, 3.8) is 0 Å². The number of nitrogens with one attached hydrogen (secondary N) is 1. The van der Waals surface area contributed by atoms with E-state index in [0.717, 1.165) is 31.4 Å². The van der Waals surface area contributed by atoms with Crippen LogP contribution in [0.4, 0.5) is 10.5 Å². The lowest BCUT2D eigenvalue weighted by Crippen LogP contribution is -2.50. The molecular formula is C16H22N2O2. The molecule has 4 heteroatoms. The first-order valence-corrected chi connectivity index (χ1v) is 7.57. The summed E-state index contributed by atoms with van der Waals surface area (Å²) in [6.45, 7) is 0. The van der Waals surface area contributed by atoms with E-state index in [1.54, 1.807) is 0 Å². The maximum Gasteiger partial charge on any atom is 0.324 e. The number of para-hydroxylation sites is 1. The second-order valence-electron chi connectivity index (χ2n) is 5.93. The quantitative estimate of drug-likeness (QED) is 0.827. The van der Waals surface area contributed by atoms with E-state index in [1.807, 2.05) is 30.3 Å². The molecule has 20 heavy (non-hydrogen) atoms. The third-order valence-corrected chi connectivity index (χ3v) is 4.59. The van der Waals surface area contributed by atoms with Crippen molar-refractivity contribution in [2.75, 3.05) is 4.90 Å². The van der Waals surface area contributed by atoms with Gasteiger partial charge in [0.15, 0.2) is 6.23 Å². The smallest absolute Gasteiger partial charge is 0.324 e. The van der Waals surface area contributed by atoms with Gasteiger partial charge in [0.1, 0.15) is 0 Å². The number of carbonyl (C=O) groups excluding carboxylic acids is 1. The summed E-state index contributed by atoms with van der Waals surface area (Å²) in [6, 6.07) is 9.24. The molecule has 2 fully saturated rings. The van der Waals surface area contributed by atoms with Crippen LogP contribution in [0.2, 0.25) is 0 Å². The van der Waals surface area contributed by atoms with Gasteiger partial charge in [0.2, 0.25) is 0 Å². The first-order valence-electron chi connectivity index (χ1n) is 7.57. The highest BCUT2D eigenvalue weighted by Crippen LogP contribution is 2.36. The number of amides is 2. The van der Waals surface area contributed by atoms with Crippen LogP contribution < -0.4 is 10.2 Å². The predicted octanol–water partition coefficient (Wildman–Crippen LogP) is 3.02. The van der Waals surface area contributed by atoms with Crippen molar-refractivity contribution in [2.24, 2.45) is 0 Å². The highest BCUT2D eigenvalue weighted by Gasteiger charge is 2.50. The Bertz CT molecular complexity index is 467. The van der Waals surface area contributed by atoms with E-state index < -0.39 is 11.8 Å². The molecule has 0 radical (unpaired) electrons. The van der Waals surface area contributed by atoms with Gasteiger partial charge in [-0.3, -0.25) is 4.90 Å². The zero-order chi connectivity index (χ0) is 14.0. The fourth-order valence-corrected chi connectivity index (χ4v) is 3.46. The Labute approximate surface area is 119 Å². The second kappa shape index (κ2) is 5.44. The van der Waals surface area contributed by atoms with Gasteiger partial charge in [0.25, 0.3) is 0 Å². The van der Waals surface area contributed by atoms with E-state index in [1.165, 1.54) is 24.2 Å². The van der Waals surface area contributed by atoms with Gasteiger partial charge in [-0.05, 0) is 25.0 Å². The minimum atomic E-state index is -0.768. The average molecular weight is 274 g/mol. The number of carbonyl (C=O) groups is 1. The van der Waals surface area contributed by atoms with E-state index in [9.17, 15) is 9.90 Å². The Balaban J connectivity index is 1.87. The van der Waals surface area contributed by atoms with Gasteiger partial charge in [0.05, 0.1) is 5.54 Å². The Morgan fingerprint density at radius 1 is 1.05 bits per heavy atom. The molecule has 2 amide bonds. The maximum atomic E-state index is 12.3. The van der Waals surface area contributed by atoms with E-state index in [4.69, 9.17) is 0 Å². The van der Waals surface area contributed by atoms with Gasteiger partial charge < -0.3 is 10.4 Å². The summed E-state index contributed by atoms with van der Waals surface area (Å²) < 4.78 is 0. The lowest BCUT2D eigenvalue weighted by Gasteiger charge is -2.34. The van der Waals surface area contributed by atoms with E-state index in [0.29, 0.717) is 0 Å². The monoisotopic (exact) mass is 274 g/mol. The highest BCUT2D eigenvalue weighted by atomic mass is 16.3. The SMILES string of the molecule is O=C1NC2(CCCCCCC2)C(O)N1c1ccccc1. The third-order valence-electron chi connectivity index (χ3n) is 4.59. The van der Waals surface area contributed by atoms with Crippen LogP contribution >= 0.6 is 0 Å². The van der Waals surface area contributed by atoms with Gasteiger partial charge >= 0.3 is 6.03 Å². The Morgan fingerprint density at radius 3 is 2.30 bits per heavy atom. The Morgan fingerprint density at radius 2 is 1.65 bits per heavy atom. The number of hydrogen-bond acceptors (Lipinski definition) is 2. The van der Waals surface area contributed by atoms with Crippen molar-refractivity contribution in [1.82, 2.24) is 5.32 Å². The van der Waals surface area contributed by atoms with Gasteiger partial charge in [-0.2, -0.15) is 0 Å². The topological polar surface area (TPSA) is 52.6 Å². The third kappa shape index (κ3) is 2.29. The van der Waals surface area contributed by atoms with Crippen molar-refractivity contribution in [3.8, 4) is 0 Å². The normalized spacial score (nSPS) is 26.1. The van der Waals surface area contributed by atoms with Crippen LogP contribution in [0.25, 0.3) is 0 Å². The van der Waals surface area contributed by atoms with Crippen LogP contribution in [-0.4, -0.2) is 22.9 Å². The molecule has 2 aliphatic rings. The molecule has 108 valence electrons. The molecule has 1 spiro atoms. The fraction of sp³-hybridized carbons (Fsp3) is 0.562. The molecule has 4 nitrogen and oxygen atoms in total. The molecule has 2 N–H and O–H groups in total. The van der Waals surface area contributed by atoms with Crippen LogP contribution in [0, 0.1) is 0 Å². The number of urea groups is 1. The summed E-state index contributed by atoms with van der Waals surface area (Å²) in [5, 5.41) is 13.8. The van der Waals surface area contributed by atoms with Crippen LogP contribution in [-0.2, 0) is 0 Å². The van der Waals surface area contributed by atoms with Crippen LogP contribution in [0.15, 0.2) is 30.3 Å². The summed E-state index contributed by atoms with van der Waals surface area (Å²) in [7, 11) is 0. The van der Waals surface area contributed by atoms with Gasteiger partial charge in [-0.1, -0.05) is 50.3 Å². The van der Waals surface area contributed by atoms with Gasteiger partial charge in [-0.15, -0.1) is 0 Å². The fourth-order valence-electron chi connectivity index (χ4n) is 3.46. The van der Waals surface area contributed by atoms with Crippen LogP contribution in [0.5, 0.6) is 0 Å². The van der Waals surface area contributed by atoms with Crippen molar-refractivity contribution < 1.29 is 9.90 Å². The molecule has 1 saturated heterocycles. The molecule has 1 aromatic carbocycles. The van der Waals surface area contributed by atoms with Crippen molar-refractivity contribution in [2.45, 2.75) is 56.7 Å². The number of hydrogen-bond donors (Lipinski definition) is 2. The summed E-state index contributed by atoms with van der Waals surface area (Å²) in [5.74, 6) is 0. The number of benzene rings is 1. The molecule has 0 bridgehead atoms. The molecule has 3 rings (SSSR count). The maximum absolute atomic E-state index is 12.3. The minimum absolute atomic E-state index is 0.177. The van der Waals surface area contributed by atoms with E-state index in [-0.39, 0.29) is 6.03 Å². The first kappa shape index (κ1) is 13.4. The largest absolute Gasteiger partial charge is 0.371 e. The first-order chi connectivity index (χ1) is 9.73. The summed E-state index contributed by atoms with van der Waals surface area (Å²) in [6.07, 6.45) is 6.75. The minimum Gasteiger partial charge on any atom is -0.371 e. The molecular weight excluding hydrogens is 252 g/mol. The highest BCUT2D eigenvalue weighted by molar-refractivity contribution is 5.95. The standard InChI is InChI=1S/C16H22N2O2/c19-14-16(11-7-2-1-3-8-12-16)17-15(20)18(14)13-9-5-4-6-10-13/h4-6,9-10,14,19H,1-3,7-8,11-12H2,(H,17,20). The number of nitrogens with zero attached hydrogens (tertiary/aromatic N) is 1. The zero-order valence-corrected chi connectivity index (χ0v) is 11.7. The number of anilines is 1. The molecule has 1 aromatic rings. The molecule has 1 aliphatic carbocycles.